The van der Waals surface area contributed by atoms with Gasteiger partial charge in [0, 0.05) is 12.5 Å². The predicted molar refractivity (Wildman–Crippen MR) is 88.5 cm³/mol. The van der Waals surface area contributed by atoms with Crippen LogP contribution in [-0.4, -0.2) is 25.0 Å². The average molecular weight is 311 g/mol. The van der Waals surface area contributed by atoms with Gasteiger partial charge in [0.25, 0.3) is 0 Å². The first-order chi connectivity index (χ1) is 10.7. The first-order valence-electron chi connectivity index (χ1n) is 9.06. The summed E-state index contributed by atoms with van der Waals surface area (Å²) >= 11 is 0. The van der Waals surface area contributed by atoms with E-state index in [4.69, 9.17) is 4.74 Å². The van der Waals surface area contributed by atoms with Crippen molar-refractivity contribution in [1.82, 2.24) is 5.32 Å². The summed E-state index contributed by atoms with van der Waals surface area (Å²) in [4.78, 5) is 24.1. The van der Waals surface area contributed by atoms with Gasteiger partial charge in [-0.3, -0.25) is 9.59 Å². The molecule has 1 amide bonds. The molecule has 128 valence electrons. The highest BCUT2D eigenvalue weighted by atomic mass is 16.5. The number of carbonyl (C=O) groups excluding carboxylic acids is 2. The topological polar surface area (TPSA) is 55.4 Å². The molecule has 22 heavy (non-hydrogen) atoms. The Morgan fingerprint density at radius 3 is 2.05 bits per heavy atom. The first-order valence-corrected chi connectivity index (χ1v) is 9.06. The van der Waals surface area contributed by atoms with E-state index in [9.17, 15) is 9.59 Å². The molecule has 0 aliphatic heterocycles. The maximum atomic E-state index is 12.2. The maximum absolute atomic E-state index is 12.2. The van der Waals surface area contributed by atoms with Crippen LogP contribution in [-0.2, 0) is 14.3 Å². The monoisotopic (exact) mass is 311 g/mol. The van der Waals surface area contributed by atoms with E-state index in [1.807, 2.05) is 6.92 Å². The van der Waals surface area contributed by atoms with Crippen molar-refractivity contribution in [1.29, 1.82) is 0 Å². The highest BCUT2D eigenvalue weighted by Crippen LogP contribution is 2.23. The van der Waals surface area contributed by atoms with Crippen LogP contribution in [0.3, 0.4) is 0 Å². The average Bonchev–Trinajstić information content (AvgIpc) is 2.49. The number of ether oxygens (including phenoxy) is 1. The van der Waals surface area contributed by atoms with Crippen molar-refractivity contribution in [2.45, 2.75) is 90.0 Å². The van der Waals surface area contributed by atoms with Gasteiger partial charge in [0.05, 0.1) is 13.0 Å². The molecule has 1 saturated carbocycles. The molecule has 0 heterocycles. The van der Waals surface area contributed by atoms with E-state index in [-0.39, 0.29) is 23.8 Å². The predicted octanol–water partition coefficient (Wildman–Crippen LogP) is 3.98. The van der Waals surface area contributed by atoms with Crippen LogP contribution >= 0.6 is 0 Å². The maximum Gasteiger partial charge on any atom is 0.310 e. The molecule has 1 rings (SSSR count). The van der Waals surface area contributed by atoms with E-state index >= 15 is 0 Å². The van der Waals surface area contributed by atoms with Crippen LogP contribution in [0.1, 0.15) is 84.0 Å². The highest BCUT2D eigenvalue weighted by Gasteiger charge is 2.29. The van der Waals surface area contributed by atoms with Gasteiger partial charge in [-0.25, -0.2) is 0 Å². The van der Waals surface area contributed by atoms with Crippen molar-refractivity contribution in [2.24, 2.45) is 5.92 Å². The van der Waals surface area contributed by atoms with Crippen LogP contribution in [0.2, 0.25) is 0 Å². The number of nitrogens with one attached hydrogen (secondary N) is 1. The third-order valence-electron chi connectivity index (χ3n) is 4.59. The summed E-state index contributed by atoms with van der Waals surface area (Å²) in [6.07, 6.45) is 12.7. The van der Waals surface area contributed by atoms with Crippen LogP contribution in [0, 0.1) is 5.92 Å². The molecule has 2 atom stereocenters. The van der Waals surface area contributed by atoms with Crippen LogP contribution in [0.15, 0.2) is 0 Å². The van der Waals surface area contributed by atoms with E-state index in [1.54, 1.807) is 0 Å². The van der Waals surface area contributed by atoms with Gasteiger partial charge < -0.3 is 10.1 Å². The van der Waals surface area contributed by atoms with Crippen LogP contribution in [0.25, 0.3) is 0 Å². The van der Waals surface area contributed by atoms with Crippen molar-refractivity contribution in [3.63, 3.8) is 0 Å². The Morgan fingerprint density at radius 2 is 1.50 bits per heavy atom. The molecule has 0 aromatic rings. The van der Waals surface area contributed by atoms with Gasteiger partial charge in [0.1, 0.15) is 0 Å². The fourth-order valence-corrected chi connectivity index (χ4v) is 3.30. The number of methoxy groups -OCH3 is 1. The molecule has 0 bridgehead atoms. The molecule has 0 aromatic carbocycles. The lowest BCUT2D eigenvalue weighted by molar-refractivity contribution is -0.147. The van der Waals surface area contributed by atoms with Gasteiger partial charge in [-0.05, 0) is 19.3 Å². The van der Waals surface area contributed by atoms with E-state index in [0.29, 0.717) is 6.42 Å². The summed E-state index contributed by atoms with van der Waals surface area (Å²) in [7, 11) is 1.45. The zero-order chi connectivity index (χ0) is 16.2. The summed E-state index contributed by atoms with van der Waals surface area (Å²) in [6.45, 7) is 2.00. The standard InChI is InChI=1S/C18H33NO3/c1-3-12-17(20)19-16-14-11-9-7-5-4-6-8-10-13-15(16)18(21)22-2/h15-16H,3-14H2,1-2H3,(H,19,20)/t15-,16?/m0/s1. The SMILES string of the molecule is CCCC(=O)NC1CCCCCCCCCC[C@@H]1C(=O)OC. The minimum atomic E-state index is -0.190. The lowest BCUT2D eigenvalue weighted by Crippen LogP contribution is -2.43. The second-order valence-corrected chi connectivity index (χ2v) is 6.46. The second-order valence-electron chi connectivity index (χ2n) is 6.46. The Bertz CT molecular complexity index is 330. The molecule has 1 unspecified atom stereocenters. The van der Waals surface area contributed by atoms with Gasteiger partial charge in [0.2, 0.25) is 5.91 Å². The molecule has 1 aliphatic rings. The number of amides is 1. The summed E-state index contributed by atoms with van der Waals surface area (Å²) in [6, 6.07) is -0.0640. The van der Waals surface area contributed by atoms with Gasteiger partial charge in [-0.2, -0.15) is 0 Å². The summed E-state index contributed by atoms with van der Waals surface area (Å²) in [5.74, 6) is -0.294. The molecule has 0 radical (unpaired) electrons. The molecule has 0 aromatic heterocycles. The number of rotatable bonds is 4. The minimum Gasteiger partial charge on any atom is -0.469 e. The van der Waals surface area contributed by atoms with Gasteiger partial charge in [0.15, 0.2) is 0 Å². The molecule has 1 fully saturated rings. The van der Waals surface area contributed by atoms with Crippen molar-refractivity contribution < 1.29 is 14.3 Å². The Kier molecular flexibility index (Phi) is 9.93. The van der Waals surface area contributed by atoms with Crippen molar-refractivity contribution >= 4 is 11.9 Å². The van der Waals surface area contributed by atoms with Gasteiger partial charge in [-0.1, -0.05) is 58.3 Å². The van der Waals surface area contributed by atoms with E-state index in [1.165, 1.54) is 45.6 Å². The fourth-order valence-electron chi connectivity index (χ4n) is 3.30. The smallest absolute Gasteiger partial charge is 0.310 e. The molecule has 0 saturated heterocycles. The van der Waals surface area contributed by atoms with E-state index in [0.717, 1.165) is 32.1 Å². The summed E-state index contributed by atoms with van der Waals surface area (Å²) in [5, 5.41) is 3.10. The number of hydrogen-bond acceptors (Lipinski definition) is 3. The third kappa shape index (κ3) is 7.28. The van der Waals surface area contributed by atoms with Crippen molar-refractivity contribution in [3.8, 4) is 0 Å². The summed E-state index contributed by atoms with van der Waals surface area (Å²) < 4.78 is 5.00. The molecule has 4 nitrogen and oxygen atoms in total. The third-order valence-corrected chi connectivity index (χ3v) is 4.59. The van der Waals surface area contributed by atoms with Crippen LogP contribution in [0.5, 0.6) is 0 Å². The molecular formula is C18H33NO3. The van der Waals surface area contributed by atoms with Gasteiger partial charge in [-0.15, -0.1) is 0 Å². The fraction of sp³-hybridized carbons (Fsp3) is 0.889. The minimum absolute atomic E-state index is 0.0634. The Morgan fingerprint density at radius 1 is 0.955 bits per heavy atom. The van der Waals surface area contributed by atoms with Crippen LogP contribution < -0.4 is 5.32 Å². The first kappa shape index (κ1) is 19.0. The largest absolute Gasteiger partial charge is 0.469 e. The molecular weight excluding hydrogens is 278 g/mol. The Labute approximate surface area is 135 Å². The van der Waals surface area contributed by atoms with Crippen molar-refractivity contribution in [3.05, 3.63) is 0 Å². The lowest BCUT2D eigenvalue weighted by atomic mass is 9.88. The number of hydrogen-bond donors (Lipinski definition) is 1. The number of esters is 1. The zero-order valence-electron chi connectivity index (χ0n) is 14.4. The van der Waals surface area contributed by atoms with E-state index in [2.05, 4.69) is 5.32 Å². The zero-order valence-corrected chi connectivity index (χ0v) is 14.4. The van der Waals surface area contributed by atoms with Gasteiger partial charge >= 0.3 is 5.97 Å². The molecule has 4 heteroatoms. The van der Waals surface area contributed by atoms with Crippen LogP contribution in [0.4, 0.5) is 0 Å². The number of carbonyl (C=O) groups is 2. The second kappa shape index (κ2) is 11.5. The summed E-state index contributed by atoms with van der Waals surface area (Å²) in [5.41, 5.74) is 0. The molecule has 0 spiro atoms. The Balaban J connectivity index is 2.72. The quantitative estimate of drug-likeness (QED) is 0.799. The Hall–Kier alpha value is -1.06. The highest BCUT2D eigenvalue weighted by molar-refractivity contribution is 5.78. The molecule has 1 aliphatic carbocycles. The van der Waals surface area contributed by atoms with E-state index < -0.39 is 0 Å². The normalized spacial score (nSPS) is 24.6. The lowest BCUT2D eigenvalue weighted by Gasteiger charge is -2.27. The van der Waals surface area contributed by atoms with Crippen molar-refractivity contribution in [2.75, 3.05) is 7.11 Å². The molecule has 1 N–H and O–H groups in total.